The van der Waals surface area contributed by atoms with Crippen LogP contribution in [0.4, 0.5) is 0 Å². The van der Waals surface area contributed by atoms with E-state index in [1.807, 2.05) is 0 Å². The van der Waals surface area contributed by atoms with Crippen LogP contribution in [0.15, 0.2) is 0 Å². The largest absolute Gasteiger partial charge is 3.00 e. The van der Waals surface area contributed by atoms with Gasteiger partial charge in [-0.25, -0.2) is 0 Å². The molecule has 0 fully saturated rings. The fraction of sp³-hybridized carbons (Fsp3) is 0. The third-order valence-corrected chi connectivity index (χ3v) is 0. The molecular formula is AlGeLiO8P2-2. The van der Waals surface area contributed by atoms with Crippen molar-refractivity contribution in [3.63, 3.8) is 0 Å². The van der Waals surface area contributed by atoms with Crippen LogP contribution < -0.4 is 48.2 Å². The fourth-order valence-corrected chi connectivity index (χ4v) is 0. The van der Waals surface area contributed by atoms with Crippen molar-refractivity contribution in [3.8, 4) is 0 Å². The van der Waals surface area contributed by atoms with Crippen molar-refractivity contribution in [1.82, 2.24) is 0 Å². The molecule has 0 aromatic heterocycles. The summed E-state index contributed by atoms with van der Waals surface area (Å²) in [5.41, 5.74) is 0. The normalized spacial score (nSPS) is 9.08. The molecule has 0 aliphatic carbocycles. The van der Waals surface area contributed by atoms with E-state index in [-0.39, 0.29) is 53.8 Å². The average molecular weight is 296 g/mol. The Labute approximate surface area is 108 Å². The van der Waals surface area contributed by atoms with Crippen molar-refractivity contribution in [3.05, 3.63) is 0 Å². The summed E-state index contributed by atoms with van der Waals surface area (Å²) in [5, 5.41) is 0. The van der Waals surface area contributed by atoms with E-state index in [2.05, 4.69) is 0 Å². The van der Waals surface area contributed by atoms with E-state index < -0.39 is 15.6 Å². The SMILES string of the molecule is O=P([O-])([O-])[O-].O=P([O-])([O-])[O-].[Al+3].[Ge].[Li+]. The fourth-order valence-electron chi connectivity index (χ4n) is 0. The topological polar surface area (TPSA) is 172 Å². The van der Waals surface area contributed by atoms with Gasteiger partial charge in [0.15, 0.2) is 0 Å². The van der Waals surface area contributed by atoms with Crippen LogP contribution >= 0.6 is 15.6 Å². The Hall–Kier alpha value is 1.89. The van der Waals surface area contributed by atoms with E-state index in [1.165, 1.54) is 0 Å². The summed E-state index contributed by atoms with van der Waals surface area (Å²) < 4.78 is 17.1. The molecule has 0 heterocycles. The second kappa shape index (κ2) is 12.0. The minimum atomic E-state index is -5.39. The van der Waals surface area contributed by atoms with Gasteiger partial charge in [-0.15, -0.1) is 0 Å². The maximum Gasteiger partial charge on any atom is 3.00 e. The quantitative estimate of drug-likeness (QED) is 0.313. The first kappa shape index (κ1) is 29.4. The van der Waals surface area contributed by atoms with Gasteiger partial charge < -0.3 is 38.5 Å². The minimum absolute atomic E-state index is 0. The second-order valence-electron chi connectivity index (χ2n) is 0.894. The first-order valence-electron chi connectivity index (χ1n) is 1.46. The van der Waals surface area contributed by atoms with Crippen molar-refractivity contribution < 1.29 is 57.4 Å². The summed E-state index contributed by atoms with van der Waals surface area (Å²) in [6, 6.07) is 0. The summed E-state index contributed by atoms with van der Waals surface area (Å²) in [5.74, 6) is 0. The Bertz CT molecular complexity index is 134. The zero-order valence-electron chi connectivity index (χ0n) is 6.24. The van der Waals surface area contributed by atoms with Gasteiger partial charge in [0.1, 0.15) is 0 Å². The molecule has 0 saturated carbocycles. The zero-order valence-corrected chi connectivity index (χ0v) is 11.3. The summed E-state index contributed by atoms with van der Waals surface area (Å²) >= 11 is 0. The molecule has 13 heavy (non-hydrogen) atoms. The van der Waals surface area contributed by atoms with E-state index in [9.17, 15) is 0 Å². The summed E-state index contributed by atoms with van der Waals surface area (Å²) in [6.07, 6.45) is 0. The smallest absolute Gasteiger partial charge is 0.822 e. The molecule has 0 amide bonds. The molecule has 13 heteroatoms. The van der Waals surface area contributed by atoms with Crippen LogP contribution in [0.25, 0.3) is 0 Å². The Morgan fingerprint density at radius 3 is 0.692 bits per heavy atom. The average Bonchev–Trinajstić information content (AvgIpc) is 1.12. The van der Waals surface area contributed by atoms with Crippen molar-refractivity contribution >= 4 is 50.6 Å². The van der Waals surface area contributed by atoms with Gasteiger partial charge in [0, 0.05) is 17.6 Å². The van der Waals surface area contributed by atoms with E-state index in [0.717, 1.165) is 0 Å². The summed E-state index contributed by atoms with van der Waals surface area (Å²) in [7, 11) is -10.8. The molecule has 0 bridgehead atoms. The van der Waals surface area contributed by atoms with Gasteiger partial charge in [-0.05, 0) is 0 Å². The molecule has 0 aliphatic rings. The standard InChI is InChI=1S/Al.Ge.Li.2H3O4P/c;;;2*1-5(2,3)4/h;;;2*(H3,1,2,3,4)/q+3;;+1;;/p-6. The minimum Gasteiger partial charge on any atom is -0.822 e. The van der Waals surface area contributed by atoms with Crippen molar-refractivity contribution in [2.45, 2.75) is 0 Å². The molecule has 0 atom stereocenters. The van der Waals surface area contributed by atoms with Crippen molar-refractivity contribution in [1.29, 1.82) is 0 Å². The molecular weight excluding hydrogens is 296 g/mol. The van der Waals surface area contributed by atoms with Crippen LogP contribution in [0.5, 0.6) is 0 Å². The molecule has 68 valence electrons. The third-order valence-electron chi connectivity index (χ3n) is 0. The summed E-state index contributed by atoms with van der Waals surface area (Å²) in [6.45, 7) is 0. The number of phosphoric acid groups is 2. The third kappa shape index (κ3) is 548. The number of hydrogen-bond acceptors (Lipinski definition) is 8. The number of rotatable bonds is 0. The Kier molecular flexibility index (Phi) is 27.0. The van der Waals surface area contributed by atoms with E-state index in [1.54, 1.807) is 0 Å². The maximum atomic E-state index is 8.55. The summed E-state index contributed by atoms with van der Waals surface area (Å²) in [4.78, 5) is 51.3. The van der Waals surface area contributed by atoms with Crippen LogP contribution in [-0.4, -0.2) is 35.0 Å². The van der Waals surface area contributed by atoms with Crippen molar-refractivity contribution in [2.75, 3.05) is 0 Å². The molecule has 0 aromatic carbocycles. The van der Waals surface area contributed by atoms with Crippen LogP contribution in [0.1, 0.15) is 0 Å². The van der Waals surface area contributed by atoms with Gasteiger partial charge in [-0.3, -0.25) is 0 Å². The maximum absolute atomic E-state index is 8.55. The second-order valence-corrected chi connectivity index (χ2v) is 2.68. The molecule has 8 nitrogen and oxygen atoms in total. The monoisotopic (exact) mass is 298 g/mol. The Morgan fingerprint density at radius 2 is 0.692 bits per heavy atom. The van der Waals surface area contributed by atoms with Crippen LogP contribution in [0, 0.1) is 0 Å². The van der Waals surface area contributed by atoms with E-state index in [0.29, 0.717) is 0 Å². The van der Waals surface area contributed by atoms with Gasteiger partial charge in [-0.2, -0.15) is 15.6 Å². The predicted octanol–water partition coefficient (Wildman–Crippen LogP) is -9.41. The molecule has 0 aliphatic heterocycles. The van der Waals surface area contributed by atoms with Gasteiger partial charge in [0.25, 0.3) is 0 Å². The predicted molar refractivity (Wildman–Crippen MR) is 26.7 cm³/mol. The van der Waals surface area contributed by atoms with Crippen LogP contribution in [0.2, 0.25) is 0 Å². The Morgan fingerprint density at radius 1 is 0.692 bits per heavy atom. The van der Waals surface area contributed by atoms with Gasteiger partial charge in [0.2, 0.25) is 0 Å². The molecule has 0 spiro atoms. The zero-order chi connectivity index (χ0) is 9.00. The first-order chi connectivity index (χ1) is 4.00. The molecule has 0 saturated heterocycles. The molecule has 0 unspecified atom stereocenters. The van der Waals surface area contributed by atoms with Crippen LogP contribution in [-0.2, 0) is 9.13 Å². The molecule has 0 rings (SSSR count). The first-order valence-corrected chi connectivity index (χ1v) is 4.38. The van der Waals surface area contributed by atoms with E-state index >= 15 is 0 Å². The van der Waals surface area contributed by atoms with Gasteiger partial charge in [0.05, 0.1) is 0 Å². The van der Waals surface area contributed by atoms with Gasteiger partial charge >= 0.3 is 36.2 Å². The molecule has 0 N–H and O–H groups in total. The van der Waals surface area contributed by atoms with Crippen LogP contribution in [0.3, 0.4) is 0 Å². The van der Waals surface area contributed by atoms with Crippen molar-refractivity contribution in [2.24, 2.45) is 0 Å². The van der Waals surface area contributed by atoms with E-state index in [4.69, 9.17) is 38.5 Å². The number of hydrogen-bond donors (Lipinski definition) is 0. The molecule has 4 radical (unpaired) electrons. The van der Waals surface area contributed by atoms with Gasteiger partial charge in [-0.1, -0.05) is 0 Å². The Balaban J connectivity index is -0.0000000267. The molecule has 0 aromatic rings.